The van der Waals surface area contributed by atoms with E-state index in [0.29, 0.717) is 29.2 Å². The summed E-state index contributed by atoms with van der Waals surface area (Å²) in [7, 11) is 0. The largest absolute Gasteiger partial charge is 0.481 e. The first-order valence-corrected chi connectivity index (χ1v) is 7.17. The van der Waals surface area contributed by atoms with Gasteiger partial charge in [0.2, 0.25) is 0 Å². The first-order valence-electron chi connectivity index (χ1n) is 6.79. The van der Waals surface area contributed by atoms with E-state index in [1.807, 2.05) is 12.1 Å². The van der Waals surface area contributed by atoms with Crippen LogP contribution in [0.4, 0.5) is 0 Å². The molecular weight excluding hydrogens is 306 g/mol. The van der Waals surface area contributed by atoms with E-state index in [-0.39, 0.29) is 12.3 Å². The van der Waals surface area contributed by atoms with E-state index in [1.54, 1.807) is 23.7 Å². The minimum Gasteiger partial charge on any atom is -0.481 e. The molecule has 2 N–H and O–H groups in total. The van der Waals surface area contributed by atoms with Gasteiger partial charge in [-0.1, -0.05) is 17.7 Å². The fraction of sp³-hybridized carbons (Fsp3) is 0.267. The molecule has 2 rings (SSSR count). The monoisotopic (exact) mass is 321 g/mol. The fourth-order valence-corrected chi connectivity index (χ4v) is 2.22. The first-order chi connectivity index (χ1) is 10.5. The smallest absolute Gasteiger partial charge is 0.303 e. The number of rotatable bonds is 6. The number of carboxylic acids is 1. The van der Waals surface area contributed by atoms with Crippen LogP contribution in [-0.2, 0) is 4.79 Å². The summed E-state index contributed by atoms with van der Waals surface area (Å²) in [6, 6.07) is 7.18. The highest BCUT2D eigenvalue weighted by molar-refractivity contribution is 6.30. The van der Waals surface area contributed by atoms with Crippen molar-refractivity contribution in [3.8, 4) is 5.69 Å². The Labute approximate surface area is 132 Å². The topological polar surface area (TPSA) is 84.2 Å². The Morgan fingerprint density at radius 1 is 1.41 bits per heavy atom. The lowest BCUT2D eigenvalue weighted by molar-refractivity contribution is -0.137. The third-order valence-corrected chi connectivity index (χ3v) is 3.40. The molecule has 6 nitrogen and oxygen atoms in total. The molecule has 0 spiro atoms. The number of carboxylic acid groups (broad SMARTS) is 1. The molecular formula is C15H16ClN3O3. The zero-order valence-corrected chi connectivity index (χ0v) is 12.8. The lowest BCUT2D eigenvalue weighted by atomic mass is 10.2. The Balaban J connectivity index is 2.07. The molecule has 0 unspecified atom stereocenters. The number of nitrogens with one attached hydrogen (secondary N) is 1. The second-order valence-electron chi connectivity index (χ2n) is 4.79. The lowest BCUT2D eigenvalue weighted by Crippen LogP contribution is -2.25. The summed E-state index contributed by atoms with van der Waals surface area (Å²) in [4.78, 5) is 22.5. The van der Waals surface area contributed by atoms with E-state index in [4.69, 9.17) is 16.7 Å². The number of halogens is 1. The fourth-order valence-electron chi connectivity index (χ4n) is 2.04. The Kier molecular flexibility index (Phi) is 5.16. The van der Waals surface area contributed by atoms with Crippen molar-refractivity contribution in [2.75, 3.05) is 6.54 Å². The number of benzene rings is 1. The molecule has 22 heavy (non-hydrogen) atoms. The van der Waals surface area contributed by atoms with Crippen molar-refractivity contribution in [3.63, 3.8) is 0 Å². The second-order valence-corrected chi connectivity index (χ2v) is 5.22. The normalized spacial score (nSPS) is 10.5. The summed E-state index contributed by atoms with van der Waals surface area (Å²) < 4.78 is 1.64. The van der Waals surface area contributed by atoms with Gasteiger partial charge in [-0.3, -0.25) is 9.59 Å². The molecule has 0 saturated heterocycles. The SMILES string of the molecule is Cc1c(C(=O)NCCCC(=O)O)cnn1-c1cccc(Cl)c1. The average molecular weight is 322 g/mol. The molecule has 0 aliphatic carbocycles. The van der Waals surface area contributed by atoms with E-state index >= 15 is 0 Å². The molecule has 0 atom stereocenters. The Bertz CT molecular complexity index is 697. The van der Waals surface area contributed by atoms with Gasteiger partial charge >= 0.3 is 5.97 Å². The minimum absolute atomic E-state index is 0.0288. The molecule has 1 aromatic carbocycles. The Morgan fingerprint density at radius 3 is 2.86 bits per heavy atom. The van der Waals surface area contributed by atoms with Crippen molar-refractivity contribution < 1.29 is 14.7 Å². The molecule has 1 heterocycles. The molecule has 0 bridgehead atoms. The van der Waals surface area contributed by atoms with Gasteiger partial charge in [0.15, 0.2) is 0 Å². The molecule has 1 aromatic heterocycles. The van der Waals surface area contributed by atoms with Gasteiger partial charge in [-0.05, 0) is 31.5 Å². The summed E-state index contributed by atoms with van der Waals surface area (Å²) in [5, 5.41) is 16.0. The van der Waals surface area contributed by atoms with E-state index < -0.39 is 5.97 Å². The molecule has 7 heteroatoms. The van der Waals surface area contributed by atoms with Crippen LogP contribution in [0.15, 0.2) is 30.5 Å². The van der Waals surface area contributed by atoms with Crippen molar-refractivity contribution >= 4 is 23.5 Å². The summed E-state index contributed by atoms with van der Waals surface area (Å²) in [5.41, 5.74) is 1.92. The number of nitrogens with zero attached hydrogens (tertiary/aromatic N) is 2. The molecule has 1 amide bonds. The predicted molar refractivity (Wildman–Crippen MR) is 82.5 cm³/mol. The molecule has 0 aliphatic heterocycles. The molecule has 0 aliphatic rings. The van der Waals surface area contributed by atoms with E-state index in [9.17, 15) is 9.59 Å². The summed E-state index contributed by atoms with van der Waals surface area (Å²) >= 11 is 5.96. The van der Waals surface area contributed by atoms with Crippen molar-refractivity contribution in [1.82, 2.24) is 15.1 Å². The molecule has 0 radical (unpaired) electrons. The number of hydrogen-bond donors (Lipinski definition) is 2. The summed E-state index contributed by atoms with van der Waals surface area (Å²) in [6.45, 7) is 2.10. The van der Waals surface area contributed by atoms with Gasteiger partial charge in [0.25, 0.3) is 5.91 Å². The maximum atomic E-state index is 12.1. The zero-order valence-electron chi connectivity index (χ0n) is 12.0. The van der Waals surface area contributed by atoms with Crippen molar-refractivity contribution in [3.05, 3.63) is 46.7 Å². The number of aromatic nitrogens is 2. The number of amides is 1. The molecule has 0 fully saturated rings. The van der Waals surface area contributed by atoms with Gasteiger partial charge in [-0.25, -0.2) is 4.68 Å². The van der Waals surface area contributed by atoms with E-state index in [1.165, 1.54) is 6.20 Å². The summed E-state index contributed by atoms with van der Waals surface area (Å²) in [6.07, 6.45) is 1.91. The Hall–Kier alpha value is -2.34. The first kappa shape index (κ1) is 16.0. The van der Waals surface area contributed by atoms with Crippen LogP contribution in [-0.4, -0.2) is 33.3 Å². The van der Waals surface area contributed by atoms with E-state index in [0.717, 1.165) is 5.69 Å². The van der Waals surface area contributed by atoms with Gasteiger partial charge in [0, 0.05) is 18.0 Å². The van der Waals surface area contributed by atoms with Crippen LogP contribution in [0.5, 0.6) is 0 Å². The number of carbonyl (C=O) groups is 2. The highest BCUT2D eigenvalue weighted by Gasteiger charge is 2.15. The zero-order chi connectivity index (χ0) is 16.1. The standard InChI is InChI=1S/C15H16ClN3O3/c1-10-13(15(22)17-7-3-6-14(20)21)9-18-19(10)12-5-2-4-11(16)8-12/h2,4-5,8-9H,3,6-7H2,1H3,(H,17,22)(H,20,21). The summed E-state index contributed by atoms with van der Waals surface area (Å²) in [5.74, 6) is -1.14. The minimum atomic E-state index is -0.876. The number of hydrogen-bond acceptors (Lipinski definition) is 3. The molecule has 116 valence electrons. The van der Waals surface area contributed by atoms with Gasteiger partial charge in [-0.2, -0.15) is 5.10 Å². The lowest BCUT2D eigenvalue weighted by Gasteiger charge is -2.06. The third kappa shape index (κ3) is 3.85. The van der Waals surface area contributed by atoms with Crippen molar-refractivity contribution in [2.24, 2.45) is 0 Å². The van der Waals surface area contributed by atoms with Gasteiger partial charge in [0.1, 0.15) is 0 Å². The van der Waals surface area contributed by atoms with Crippen LogP contribution in [0, 0.1) is 6.92 Å². The van der Waals surface area contributed by atoms with Gasteiger partial charge < -0.3 is 10.4 Å². The van der Waals surface area contributed by atoms with Crippen LogP contribution in [0.3, 0.4) is 0 Å². The van der Waals surface area contributed by atoms with Crippen molar-refractivity contribution in [2.45, 2.75) is 19.8 Å². The predicted octanol–water partition coefficient (Wildman–Crippen LogP) is 2.43. The number of carbonyl (C=O) groups excluding carboxylic acids is 1. The highest BCUT2D eigenvalue weighted by Crippen LogP contribution is 2.17. The quantitative estimate of drug-likeness (QED) is 0.800. The van der Waals surface area contributed by atoms with Crippen LogP contribution in [0.25, 0.3) is 5.69 Å². The van der Waals surface area contributed by atoms with Crippen LogP contribution < -0.4 is 5.32 Å². The van der Waals surface area contributed by atoms with Gasteiger partial charge in [-0.15, -0.1) is 0 Å². The van der Waals surface area contributed by atoms with Crippen LogP contribution >= 0.6 is 11.6 Å². The Morgan fingerprint density at radius 2 is 2.18 bits per heavy atom. The maximum Gasteiger partial charge on any atom is 0.303 e. The van der Waals surface area contributed by atoms with Crippen LogP contribution in [0.2, 0.25) is 5.02 Å². The number of aliphatic carboxylic acids is 1. The average Bonchev–Trinajstić information content (AvgIpc) is 2.85. The highest BCUT2D eigenvalue weighted by atomic mass is 35.5. The van der Waals surface area contributed by atoms with Gasteiger partial charge in [0.05, 0.1) is 23.1 Å². The van der Waals surface area contributed by atoms with E-state index in [2.05, 4.69) is 10.4 Å². The second kappa shape index (κ2) is 7.09. The maximum absolute atomic E-state index is 12.1. The third-order valence-electron chi connectivity index (χ3n) is 3.16. The van der Waals surface area contributed by atoms with Crippen molar-refractivity contribution in [1.29, 1.82) is 0 Å². The molecule has 0 saturated carbocycles. The van der Waals surface area contributed by atoms with Crippen LogP contribution in [0.1, 0.15) is 28.9 Å². The molecule has 2 aromatic rings.